The highest BCUT2D eigenvalue weighted by Gasteiger charge is 2.28. The van der Waals surface area contributed by atoms with Gasteiger partial charge in [-0.05, 0) is 37.8 Å². The molecule has 1 fully saturated rings. The number of halogens is 2. The summed E-state index contributed by atoms with van der Waals surface area (Å²) in [6.45, 7) is 4.13. The fraction of sp³-hybridized carbons (Fsp3) is 0.529. The van der Waals surface area contributed by atoms with Crippen LogP contribution >= 0.6 is 0 Å². The summed E-state index contributed by atoms with van der Waals surface area (Å²) in [4.78, 5) is 15.9. The van der Waals surface area contributed by atoms with E-state index in [9.17, 15) is 13.6 Å². The molecule has 1 aliphatic rings. The number of amides is 1. The Morgan fingerprint density at radius 2 is 1.96 bits per heavy atom. The van der Waals surface area contributed by atoms with Crippen molar-refractivity contribution in [3.63, 3.8) is 0 Å². The molecule has 1 aromatic carbocycles. The minimum absolute atomic E-state index is 0.116. The largest absolute Gasteiger partial charge is 0.357 e. The normalized spacial score (nSPS) is 14.4. The van der Waals surface area contributed by atoms with Crippen molar-refractivity contribution in [3.05, 3.63) is 35.4 Å². The maximum absolute atomic E-state index is 13.6. The summed E-state index contributed by atoms with van der Waals surface area (Å²) < 4.78 is 26.4. The Kier molecular flexibility index (Phi) is 6.96. The maximum atomic E-state index is 13.6. The van der Waals surface area contributed by atoms with Gasteiger partial charge < -0.3 is 16.0 Å². The molecular weight excluding hydrogens is 314 g/mol. The molecule has 3 N–H and O–H groups in total. The van der Waals surface area contributed by atoms with E-state index < -0.39 is 11.6 Å². The van der Waals surface area contributed by atoms with Gasteiger partial charge >= 0.3 is 0 Å². The van der Waals surface area contributed by atoms with E-state index in [-0.39, 0.29) is 11.8 Å². The zero-order valence-electron chi connectivity index (χ0n) is 13.9. The summed E-state index contributed by atoms with van der Waals surface area (Å²) in [6.07, 6.45) is 2.37. The highest BCUT2D eigenvalue weighted by atomic mass is 19.1. The highest BCUT2D eigenvalue weighted by Crippen LogP contribution is 2.28. The highest BCUT2D eigenvalue weighted by molar-refractivity contribution is 5.81. The van der Waals surface area contributed by atoms with Crippen LogP contribution in [-0.4, -0.2) is 38.0 Å². The van der Waals surface area contributed by atoms with Crippen molar-refractivity contribution in [1.29, 1.82) is 0 Å². The molecule has 0 aliphatic heterocycles. The van der Waals surface area contributed by atoms with Gasteiger partial charge in [0.25, 0.3) is 0 Å². The Hall–Kier alpha value is -2.18. The Bertz CT molecular complexity index is 588. The fourth-order valence-corrected chi connectivity index (χ4v) is 2.21. The number of nitrogens with one attached hydrogen (secondary N) is 3. The minimum Gasteiger partial charge on any atom is -0.357 e. The number of rotatable bonds is 8. The van der Waals surface area contributed by atoms with Crippen LogP contribution in [0.1, 0.15) is 25.3 Å². The molecule has 132 valence electrons. The van der Waals surface area contributed by atoms with Gasteiger partial charge in [-0.3, -0.25) is 9.79 Å². The molecule has 1 aromatic rings. The van der Waals surface area contributed by atoms with Crippen molar-refractivity contribution in [1.82, 2.24) is 16.0 Å². The molecule has 1 amide bonds. The first kappa shape index (κ1) is 18.2. The van der Waals surface area contributed by atoms with Crippen LogP contribution in [0.5, 0.6) is 0 Å². The molecule has 5 nitrogen and oxygen atoms in total. The first-order valence-electron chi connectivity index (χ1n) is 8.34. The fourth-order valence-electron chi connectivity index (χ4n) is 2.21. The van der Waals surface area contributed by atoms with Gasteiger partial charge in [0.1, 0.15) is 11.6 Å². The Morgan fingerprint density at radius 1 is 1.21 bits per heavy atom. The lowest BCUT2D eigenvalue weighted by atomic mass is 10.1. The molecule has 0 atom stereocenters. The van der Waals surface area contributed by atoms with Crippen molar-refractivity contribution in [3.8, 4) is 0 Å². The van der Waals surface area contributed by atoms with Crippen LogP contribution in [-0.2, 0) is 11.2 Å². The third-order valence-electron chi connectivity index (χ3n) is 3.68. The topological polar surface area (TPSA) is 65.5 Å². The van der Waals surface area contributed by atoms with Crippen molar-refractivity contribution in [2.75, 3.05) is 26.2 Å². The summed E-state index contributed by atoms with van der Waals surface area (Å²) in [5.74, 6) is -0.197. The third-order valence-corrected chi connectivity index (χ3v) is 3.68. The van der Waals surface area contributed by atoms with Gasteiger partial charge in [0.15, 0.2) is 5.96 Å². The Labute approximate surface area is 140 Å². The average molecular weight is 338 g/mol. The van der Waals surface area contributed by atoms with Crippen LogP contribution in [0.2, 0.25) is 0 Å². The maximum Gasteiger partial charge on any atom is 0.223 e. The summed E-state index contributed by atoms with van der Waals surface area (Å²) in [5, 5.41) is 9.07. The van der Waals surface area contributed by atoms with Crippen molar-refractivity contribution < 1.29 is 13.6 Å². The molecular formula is C17H24F2N4O. The number of hydrogen-bond donors (Lipinski definition) is 3. The Morgan fingerprint density at radius 3 is 2.62 bits per heavy atom. The molecule has 0 unspecified atom stereocenters. The summed E-state index contributed by atoms with van der Waals surface area (Å²) >= 11 is 0. The van der Waals surface area contributed by atoms with Crippen LogP contribution < -0.4 is 16.0 Å². The molecule has 24 heavy (non-hydrogen) atoms. The summed E-state index contributed by atoms with van der Waals surface area (Å²) in [6, 6.07) is 3.56. The van der Waals surface area contributed by atoms with Gasteiger partial charge in [-0.1, -0.05) is 6.07 Å². The molecule has 0 bridgehead atoms. The molecule has 1 saturated carbocycles. The molecule has 2 rings (SSSR count). The minimum atomic E-state index is -0.581. The predicted molar refractivity (Wildman–Crippen MR) is 89.8 cm³/mol. The zero-order chi connectivity index (χ0) is 17.4. The van der Waals surface area contributed by atoms with Gasteiger partial charge in [0.05, 0.1) is 0 Å². The van der Waals surface area contributed by atoms with Crippen LogP contribution in [0.3, 0.4) is 0 Å². The van der Waals surface area contributed by atoms with Crippen LogP contribution in [0.4, 0.5) is 8.78 Å². The van der Waals surface area contributed by atoms with Gasteiger partial charge in [-0.25, -0.2) is 8.78 Å². The summed E-state index contributed by atoms with van der Waals surface area (Å²) in [7, 11) is 0. The van der Waals surface area contributed by atoms with Gasteiger partial charge in [0, 0.05) is 38.2 Å². The van der Waals surface area contributed by atoms with E-state index in [4.69, 9.17) is 0 Å². The lowest BCUT2D eigenvalue weighted by Gasteiger charge is -2.12. The number of guanidine groups is 1. The second-order valence-corrected chi connectivity index (χ2v) is 5.74. The molecule has 0 spiro atoms. The molecule has 0 radical (unpaired) electrons. The Balaban J connectivity index is 1.73. The molecule has 1 aliphatic carbocycles. The number of hydrogen-bond acceptors (Lipinski definition) is 2. The number of carbonyl (C=O) groups is 1. The number of carbonyl (C=O) groups excluding carboxylic acids is 1. The first-order valence-corrected chi connectivity index (χ1v) is 8.34. The van der Waals surface area contributed by atoms with E-state index in [1.807, 2.05) is 6.92 Å². The van der Waals surface area contributed by atoms with Crippen LogP contribution in [0.25, 0.3) is 0 Å². The lowest BCUT2D eigenvalue weighted by molar-refractivity contribution is -0.122. The van der Waals surface area contributed by atoms with Crippen molar-refractivity contribution in [2.45, 2.75) is 26.2 Å². The van der Waals surface area contributed by atoms with E-state index in [1.54, 1.807) is 0 Å². The third kappa shape index (κ3) is 6.14. The number of aliphatic imine (C=N–C) groups is 1. The van der Waals surface area contributed by atoms with E-state index in [0.717, 1.165) is 18.9 Å². The number of benzene rings is 1. The molecule has 0 aromatic heterocycles. The second-order valence-electron chi connectivity index (χ2n) is 5.74. The van der Waals surface area contributed by atoms with Gasteiger partial charge in [-0.2, -0.15) is 0 Å². The smallest absolute Gasteiger partial charge is 0.223 e. The van der Waals surface area contributed by atoms with Crippen molar-refractivity contribution in [2.24, 2.45) is 10.9 Å². The van der Waals surface area contributed by atoms with E-state index in [2.05, 4.69) is 20.9 Å². The van der Waals surface area contributed by atoms with E-state index >= 15 is 0 Å². The lowest BCUT2D eigenvalue weighted by Crippen LogP contribution is -2.41. The standard InChI is InChI=1S/C17H24F2N4O/c1-2-20-17(23-10-9-21-16(24)13-3-4-13)22-8-7-12-5-6-14(18)11-15(12)19/h5-6,11,13H,2-4,7-10H2,1H3,(H,21,24)(H2,20,22,23). The first-order chi connectivity index (χ1) is 11.6. The average Bonchev–Trinajstić information content (AvgIpc) is 3.38. The van der Waals surface area contributed by atoms with Crippen LogP contribution in [0.15, 0.2) is 23.2 Å². The predicted octanol–water partition coefficient (Wildman–Crippen LogP) is 1.59. The number of nitrogens with zero attached hydrogens (tertiary/aromatic N) is 1. The zero-order valence-corrected chi connectivity index (χ0v) is 13.9. The molecule has 0 heterocycles. The van der Waals surface area contributed by atoms with E-state index in [0.29, 0.717) is 44.1 Å². The summed E-state index contributed by atoms with van der Waals surface area (Å²) in [5.41, 5.74) is 0.438. The monoisotopic (exact) mass is 338 g/mol. The molecule has 0 saturated heterocycles. The van der Waals surface area contributed by atoms with Crippen LogP contribution in [0, 0.1) is 17.6 Å². The van der Waals surface area contributed by atoms with Crippen molar-refractivity contribution >= 4 is 11.9 Å². The SMILES string of the molecule is CCNC(=NCCc1ccc(F)cc1F)NCCNC(=O)C1CC1. The second kappa shape index (κ2) is 9.20. The van der Waals surface area contributed by atoms with Gasteiger partial charge in [0.2, 0.25) is 5.91 Å². The quantitative estimate of drug-likeness (QED) is 0.383. The van der Waals surface area contributed by atoms with E-state index in [1.165, 1.54) is 12.1 Å². The molecule has 7 heteroatoms. The van der Waals surface area contributed by atoms with Gasteiger partial charge in [-0.15, -0.1) is 0 Å².